The molecule has 0 N–H and O–H groups in total. The van der Waals surface area contributed by atoms with E-state index in [1.165, 1.54) is 51.4 Å². The SMILES string of the molecule is CC(C)CCCCCCCOC(=O)CC(C(=O)OCCCCCCCC(C)C)[Si](C)(C)O[Si](C)C. The summed E-state index contributed by atoms with van der Waals surface area (Å²) in [6.07, 6.45) is 13.9. The highest BCUT2D eigenvalue weighted by atomic mass is 28.4. The summed E-state index contributed by atoms with van der Waals surface area (Å²) in [5, 5.41) is 0. The maximum Gasteiger partial charge on any atom is 0.309 e. The van der Waals surface area contributed by atoms with E-state index in [-0.39, 0.29) is 18.4 Å². The number of esters is 2. The van der Waals surface area contributed by atoms with Crippen molar-refractivity contribution < 1.29 is 23.2 Å². The Balaban J connectivity index is 4.43. The molecule has 0 saturated carbocycles. The minimum Gasteiger partial charge on any atom is -0.466 e. The Kier molecular flexibility index (Phi) is 20.0. The van der Waals surface area contributed by atoms with Gasteiger partial charge in [-0.1, -0.05) is 91.9 Å². The lowest BCUT2D eigenvalue weighted by Crippen LogP contribution is -2.45. The van der Waals surface area contributed by atoms with Crippen LogP contribution in [0.1, 0.15) is 111 Å². The van der Waals surface area contributed by atoms with Gasteiger partial charge in [-0.3, -0.25) is 9.59 Å². The zero-order valence-corrected chi connectivity index (χ0v) is 26.4. The summed E-state index contributed by atoms with van der Waals surface area (Å²) in [6.45, 7) is 18.1. The highest BCUT2D eigenvalue weighted by molar-refractivity contribution is 6.81. The molecular formula is C28H57O5Si2. The third-order valence-corrected chi connectivity index (χ3v) is 12.2. The zero-order chi connectivity index (χ0) is 26.7. The first-order valence-electron chi connectivity index (χ1n) is 14.3. The lowest BCUT2D eigenvalue weighted by atomic mass is 10.0. The number of rotatable bonds is 22. The fourth-order valence-corrected chi connectivity index (χ4v) is 10.4. The molecule has 0 aliphatic heterocycles. The number of hydrogen-bond donors (Lipinski definition) is 0. The molecule has 0 heterocycles. The lowest BCUT2D eigenvalue weighted by molar-refractivity contribution is -0.150. The van der Waals surface area contributed by atoms with Crippen molar-refractivity contribution in [3.05, 3.63) is 0 Å². The Labute approximate surface area is 220 Å². The minimum absolute atomic E-state index is 0.0663. The number of ether oxygens (including phenoxy) is 2. The van der Waals surface area contributed by atoms with Crippen LogP contribution in [0, 0.1) is 11.8 Å². The maximum atomic E-state index is 13.0. The smallest absolute Gasteiger partial charge is 0.309 e. The average Bonchev–Trinajstić information content (AvgIpc) is 2.74. The van der Waals surface area contributed by atoms with Crippen molar-refractivity contribution in [3.8, 4) is 0 Å². The number of carbonyl (C=O) groups is 2. The molecule has 0 rings (SSSR count). The van der Waals surface area contributed by atoms with Crippen LogP contribution >= 0.6 is 0 Å². The van der Waals surface area contributed by atoms with Gasteiger partial charge in [-0.25, -0.2) is 0 Å². The van der Waals surface area contributed by atoms with Crippen LogP contribution in [0.2, 0.25) is 31.7 Å². The van der Waals surface area contributed by atoms with Crippen molar-refractivity contribution in [2.75, 3.05) is 13.2 Å². The van der Waals surface area contributed by atoms with Crippen LogP contribution < -0.4 is 0 Å². The maximum absolute atomic E-state index is 13.0. The summed E-state index contributed by atoms with van der Waals surface area (Å²) in [5.41, 5.74) is -0.517. The quantitative estimate of drug-likeness (QED) is 0.0801. The molecule has 0 aliphatic carbocycles. The number of carbonyl (C=O) groups excluding carboxylic acids is 2. The fraction of sp³-hybridized carbons (Fsp3) is 0.929. The summed E-state index contributed by atoms with van der Waals surface area (Å²) < 4.78 is 17.4. The third-order valence-electron chi connectivity index (χ3n) is 6.32. The van der Waals surface area contributed by atoms with Crippen LogP contribution in [0.4, 0.5) is 0 Å². The zero-order valence-electron chi connectivity index (χ0n) is 24.4. The van der Waals surface area contributed by atoms with Crippen molar-refractivity contribution in [2.45, 2.75) is 143 Å². The minimum atomic E-state index is -2.43. The molecule has 35 heavy (non-hydrogen) atoms. The van der Waals surface area contributed by atoms with Crippen molar-refractivity contribution in [1.82, 2.24) is 0 Å². The number of hydrogen-bond acceptors (Lipinski definition) is 5. The summed E-state index contributed by atoms with van der Waals surface area (Å²) in [7, 11) is -3.41. The number of unbranched alkanes of at least 4 members (excludes halogenated alkanes) is 8. The van der Waals surface area contributed by atoms with Crippen LogP contribution in [0.3, 0.4) is 0 Å². The van der Waals surface area contributed by atoms with Crippen LogP contribution in [0.15, 0.2) is 0 Å². The largest absolute Gasteiger partial charge is 0.466 e. The second-order valence-electron chi connectivity index (χ2n) is 11.7. The topological polar surface area (TPSA) is 61.8 Å². The summed E-state index contributed by atoms with van der Waals surface area (Å²) in [6, 6.07) is 0. The highest BCUT2D eigenvalue weighted by Crippen LogP contribution is 2.30. The van der Waals surface area contributed by atoms with Crippen LogP contribution in [-0.4, -0.2) is 42.5 Å². The van der Waals surface area contributed by atoms with E-state index < -0.39 is 22.9 Å². The van der Waals surface area contributed by atoms with Gasteiger partial charge in [-0.15, -0.1) is 0 Å². The van der Waals surface area contributed by atoms with Gasteiger partial charge in [0, 0.05) is 0 Å². The molecule has 1 atom stereocenters. The Morgan fingerprint density at radius 3 is 1.57 bits per heavy atom. The van der Waals surface area contributed by atoms with Gasteiger partial charge in [0.2, 0.25) is 0 Å². The van der Waals surface area contributed by atoms with Gasteiger partial charge in [-0.05, 0) is 50.9 Å². The molecule has 0 aromatic rings. The molecule has 0 amide bonds. The Morgan fingerprint density at radius 2 is 1.11 bits per heavy atom. The third kappa shape index (κ3) is 20.1. The fourth-order valence-electron chi connectivity index (χ4n) is 4.27. The van der Waals surface area contributed by atoms with E-state index in [1.807, 2.05) is 13.1 Å². The van der Waals surface area contributed by atoms with E-state index in [4.69, 9.17) is 13.6 Å². The molecule has 0 aliphatic rings. The van der Waals surface area contributed by atoms with E-state index in [2.05, 4.69) is 40.8 Å². The first kappa shape index (κ1) is 34.3. The predicted octanol–water partition coefficient (Wildman–Crippen LogP) is 8.30. The van der Waals surface area contributed by atoms with Crippen molar-refractivity contribution in [2.24, 2.45) is 11.8 Å². The van der Waals surface area contributed by atoms with Gasteiger partial charge < -0.3 is 13.6 Å². The summed E-state index contributed by atoms with van der Waals surface area (Å²) in [4.78, 5) is 25.5. The molecule has 1 unspecified atom stereocenters. The molecular weight excluding hydrogens is 472 g/mol. The Hall–Kier alpha value is -0.666. The summed E-state index contributed by atoms with van der Waals surface area (Å²) in [5.74, 6) is 0.945. The molecule has 0 spiro atoms. The highest BCUT2D eigenvalue weighted by Gasteiger charge is 2.42. The van der Waals surface area contributed by atoms with E-state index in [0.717, 1.165) is 37.5 Å². The molecule has 1 radical (unpaired) electrons. The van der Waals surface area contributed by atoms with Crippen LogP contribution in [0.25, 0.3) is 0 Å². The van der Waals surface area contributed by atoms with Crippen LogP contribution in [0.5, 0.6) is 0 Å². The predicted molar refractivity (Wildman–Crippen MR) is 151 cm³/mol. The molecule has 0 bridgehead atoms. The molecule has 0 saturated heterocycles. The summed E-state index contributed by atoms with van der Waals surface area (Å²) >= 11 is 0. The average molecular weight is 530 g/mol. The lowest BCUT2D eigenvalue weighted by Gasteiger charge is -2.32. The molecule has 5 nitrogen and oxygen atoms in total. The monoisotopic (exact) mass is 529 g/mol. The normalized spacial score (nSPS) is 13.0. The van der Waals surface area contributed by atoms with Gasteiger partial charge in [-0.2, -0.15) is 0 Å². The van der Waals surface area contributed by atoms with E-state index in [0.29, 0.717) is 13.2 Å². The molecule has 0 aromatic heterocycles. The van der Waals surface area contributed by atoms with Crippen molar-refractivity contribution in [1.29, 1.82) is 0 Å². The van der Waals surface area contributed by atoms with Crippen molar-refractivity contribution >= 4 is 29.3 Å². The van der Waals surface area contributed by atoms with Gasteiger partial charge in [0.05, 0.1) is 25.2 Å². The first-order chi connectivity index (χ1) is 16.5. The van der Waals surface area contributed by atoms with Gasteiger partial charge >= 0.3 is 11.9 Å². The molecule has 0 aromatic carbocycles. The Morgan fingerprint density at radius 1 is 0.686 bits per heavy atom. The Bertz CT molecular complexity index is 549. The van der Waals surface area contributed by atoms with Gasteiger partial charge in [0.25, 0.3) is 0 Å². The van der Waals surface area contributed by atoms with Gasteiger partial charge in [0.1, 0.15) is 0 Å². The second kappa shape index (κ2) is 20.4. The first-order valence-corrected chi connectivity index (χ1v) is 19.7. The van der Waals surface area contributed by atoms with E-state index in [1.54, 1.807) is 0 Å². The standard InChI is InChI=1S/C28H57O5Si2/c1-24(2)19-15-11-9-13-17-21-31-27(29)23-26(35(7,8)33-34(5)6)28(30)32-22-18-14-10-12-16-20-25(3)4/h24-26H,9-23H2,1-8H3. The van der Waals surface area contributed by atoms with Gasteiger partial charge in [0.15, 0.2) is 17.4 Å². The molecule has 207 valence electrons. The van der Waals surface area contributed by atoms with E-state index in [9.17, 15) is 9.59 Å². The van der Waals surface area contributed by atoms with E-state index >= 15 is 0 Å². The molecule has 7 heteroatoms. The second-order valence-corrected chi connectivity index (χ2v) is 18.2. The van der Waals surface area contributed by atoms with Crippen LogP contribution in [-0.2, 0) is 23.2 Å². The van der Waals surface area contributed by atoms with Crippen molar-refractivity contribution in [3.63, 3.8) is 0 Å². The molecule has 0 fully saturated rings.